The molecule has 0 aromatic carbocycles. The van der Waals surface area contributed by atoms with Crippen LogP contribution in [0.5, 0.6) is 0 Å². The molecule has 36 heavy (non-hydrogen) atoms. The summed E-state index contributed by atoms with van der Waals surface area (Å²) in [6.07, 6.45) is 5.22. The van der Waals surface area contributed by atoms with Gasteiger partial charge in [0, 0.05) is 32.3 Å². The Bertz CT molecular complexity index is 1380. The number of oxime groups is 1. The third-order valence-corrected chi connectivity index (χ3v) is 6.83. The number of hydrogen-bond donors (Lipinski definition) is 0. The van der Waals surface area contributed by atoms with Crippen LogP contribution in [0.1, 0.15) is 57.7 Å². The number of anilines is 1. The van der Waals surface area contributed by atoms with Gasteiger partial charge in [-0.2, -0.15) is 5.26 Å². The van der Waals surface area contributed by atoms with Crippen molar-refractivity contribution in [1.82, 2.24) is 14.5 Å². The summed E-state index contributed by atoms with van der Waals surface area (Å²) in [4.78, 5) is 29.8. The largest absolute Gasteiger partial charge is 0.390 e. The topological polar surface area (TPSA) is 96.4 Å². The quantitative estimate of drug-likeness (QED) is 0.272. The molecule has 9 heteroatoms. The maximum absolute atomic E-state index is 13.0. The van der Waals surface area contributed by atoms with E-state index in [-0.39, 0.29) is 23.1 Å². The fourth-order valence-electron chi connectivity index (χ4n) is 4.76. The highest BCUT2D eigenvalue weighted by Crippen LogP contribution is 2.35. The Morgan fingerprint density at radius 3 is 2.56 bits per heavy atom. The summed E-state index contributed by atoms with van der Waals surface area (Å²) in [5.41, 5.74) is 2.75. The lowest BCUT2D eigenvalue weighted by Gasteiger charge is -2.37. The Morgan fingerprint density at radius 2 is 1.94 bits per heavy atom. The van der Waals surface area contributed by atoms with Crippen molar-refractivity contribution in [2.45, 2.75) is 58.1 Å². The van der Waals surface area contributed by atoms with Gasteiger partial charge in [-0.3, -0.25) is 9.78 Å². The summed E-state index contributed by atoms with van der Waals surface area (Å²) >= 11 is 6.21. The first-order chi connectivity index (χ1) is 17.1. The molecule has 3 aromatic rings. The van der Waals surface area contributed by atoms with Crippen molar-refractivity contribution in [1.29, 1.82) is 5.26 Å². The predicted octanol–water partition coefficient (Wildman–Crippen LogP) is 5.07. The molecule has 0 spiro atoms. The van der Waals surface area contributed by atoms with Crippen LogP contribution in [-0.4, -0.2) is 38.9 Å². The van der Waals surface area contributed by atoms with Gasteiger partial charge in [0.2, 0.25) is 0 Å². The minimum atomic E-state index is -0.403. The highest BCUT2D eigenvalue weighted by Gasteiger charge is 2.31. The monoisotopic (exact) mass is 506 g/mol. The summed E-state index contributed by atoms with van der Waals surface area (Å²) in [5.74, 6) is 0.190. The molecule has 0 atom stereocenters. The molecule has 8 nitrogen and oxygen atoms in total. The Morgan fingerprint density at radius 1 is 1.22 bits per heavy atom. The molecule has 3 heterocycles. The lowest BCUT2D eigenvalue weighted by Crippen LogP contribution is -2.39. The van der Waals surface area contributed by atoms with Crippen molar-refractivity contribution in [2.24, 2.45) is 18.1 Å². The van der Waals surface area contributed by atoms with Crippen molar-refractivity contribution in [2.75, 3.05) is 11.9 Å². The van der Waals surface area contributed by atoms with E-state index in [1.165, 1.54) is 4.57 Å². The fourth-order valence-corrected chi connectivity index (χ4v) is 4.91. The molecule has 0 unspecified atom stereocenters. The first-order valence-corrected chi connectivity index (χ1v) is 12.5. The highest BCUT2D eigenvalue weighted by atomic mass is 35.5. The van der Waals surface area contributed by atoms with E-state index < -0.39 is 5.60 Å². The normalized spacial score (nSPS) is 18.6. The smallest absolute Gasteiger partial charge is 0.270 e. The van der Waals surface area contributed by atoms with E-state index in [1.54, 1.807) is 25.4 Å². The molecule has 1 aliphatic rings. The summed E-state index contributed by atoms with van der Waals surface area (Å²) in [5, 5.41) is 14.7. The molecule has 0 N–H and O–H groups in total. The molecule has 0 saturated heterocycles. The van der Waals surface area contributed by atoms with Gasteiger partial charge in [-0.15, -0.1) is 0 Å². The Kier molecular flexibility index (Phi) is 7.32. The Balaban J connectivity index is 1.64. The van der Waals surface area contributed by atoms with E-state index in [1.807, 2.05) is 50.9 Å². The lowest BCUT2D eigenvalue weighted by molar-refractivity contribution is -0.0000710. The molecule has 4 rings (SSSR count). The second-order valence-electron chi connectivity index (χ2n) is 10.2. The SMILES string of the molecule is CN(c1c(C#N)c(=O)n(C)c2ccc(Cl)nc12)C1CCC(/C(=N\OC(C)(C)C)c2ccccn2)CC1. The number of nitriles is 1. The number of aromatic nitrogens is 3. The van der Waals surface area contributed by atoms with Gasteiger partial charge in [-0.25, -0.2) is 4.98 Å². The van der Waals surface area contributed by atoms with E-state index in [4.69, 9.17) is 16.4 Å². The Labute approximate surface area is 216 Å². The number of hydrogen-bond acceptors (Lipinski definition) is 7. The number of pyridine rings is 3. The molecule has 3 aromatic heterocycles. The molecule has 1 aliphatic carbocycles. The zero-order chi connectivity index (χ0) is 26.0. The van der Waals surface area contributed by atoms with Gasteiger partial charge in [0.15, 0.2) is 0 Å². The first-order valence-electron chi connectivity index (χ1n) is 12.1. The zero-order valence-electron chi connectivity index (χ0n) is 21.3. The van der Waals surface area contributed by atoms with Gasteiger partial charge in [0.05, 0.1) is 16.9 Å². The standard InChI is InChI=1S/C27H31ClN6O2/c1-27(2,3)36-32-23(20-8-6-7-15-30-20)17-9-11-18(12-10-17)33(4)25-19(16-29)26(35)34(5)21-13-14-22(28)31-24(21)25/h6-8,13-15,17-18H,9-12H2,1-5H3/b32-23+. The predicted molar refractivity (Wildman–Crippen MR) is 142 cm³/mol. The Hall–Kier alpha value is -3.44. The van der Waals surface area contributed by atoms with Crippen LogP contribution in [0, 0.1) is 17.2 Å². The number of nitrogens with zero attached hydrogens (tertiary/aromatic N) is 6. The summed E-state index contributed by atoms with van der Waals surface area (Å²) in [6.45, 7) is 5.92. The average molecular weight is 507 g/mol. The maximum atomic E-state index is 13.0. The molecular formula is C27H31ClN6O2. The van der Waals surface area contributed by atoms with Crippen LogP contribution in [-0.2, 0) is 11.9 Å². The maximum Gasteiger partial charge on any atom is 0.270 e. The molecular weight excluding hydrogens is 476 g/mol. The lowest BCUT2D eigenvalue weighted by atomic mass is 9.81. The molecule has 0 bridgehead atoms. The van der Waals surface area contributed by atoms with Crippen LogP contribution in [0.3, 0.4) is 0 Å². The van der Waals surface area contributed by atoms with Crippen molar-refractivity contribution in [3.8, 4) is 6.07 Å². The van der Waals surface area contributed by atoms with Crippen LogP contribution in [0.15, 0.2) is 46.5 Å². The van der Waals surface area contributed by atoms with Gasteiger partial charge in [-0.1, -0.05) is 22.8 Å². The van der Waals surface area contributed by atoms with E-state index in [2.05, 4.69) is 21.2 Å². The second kappa shape index (κ2) is 10.3. The van der Waals surface area contributed by atoms with Crippen LogP contribution in [0.2, 0.25) is 5.15 Å². The van der Waals surface area contributed by atoms with Crippen molar-refractivity contribution >= 4 is 34.0 Å². The van der Waals surface area contributed by atoms with Crippen molar-refractivity contribution < 1.29 is 4.84 Å². The number of halogens is 1. The van der Waals surface area contributed by atoms with E-state index in [9.17, 15) is 10.1 Å². The molecule has 1 fully saturated rings. The van der Waals surface area contributed by atoms with Gasteiger partial charge < -0.3 is 14.3 Å². The van der Waals surface area contributed by atoms with Crippen LogP contribution in [0.25, 0.3) is 11.0 Å². The summed E-state index contributed by atoms with van der Waals surface area (Å²) in [6, 6.07) is 11.5. The third kappa shape index (κ3) is 5.21. The van der Waals surface area contributed by atoms with Gasteiger partial charge in [0.25, 0.3) is 5.56 Å². The van der Waals surface area contributed by atoms with Crippen LogP contribution in [0.4, 0.5) is 5.69 Å². The molecule has 1 saturated carbocycles. The average Bonchev–Trinajstić information content (AvgIpc) is 2.86. The molecule has 188 valence electrons. The number of aryl methyl sites for hydroxylation is 1. The molecule has 0 aliphatic heterocycles. The minimum Gasteiger partial charge on any atom is -0.390 e. The molecule has 0 radical (unpaired) electrons. The third-order valence-electron chi connectivity index (χ3n) is 6.62. The number of rotatable bonds is 5. The fraction of sp³-hybridized carbons (Fsp3) is 0.444. The number of fused-ring (bicyclic) bond motifs is 1. The summed E-state index contributed by atoms with van der Waals surface area (Å²) < 4.78 is 1.45. The van der Waals surface area contributed by atoms with Gasteiger partial charge in [0.1, 0.15) is 33.6 Å². The van der Waals surface area contributed by atoms with Crippen molar-refractivity contribution in [3.63, 3.8) is 0 Å². The van der Waals surface area contributed by atoms with Crippen molar-refractivity contribution in [3.05, 3.63) is 63.3 Å². The second-order valence-corrected chi connectivity index (χ2v) is 10.6. The van der Waals surface area contributed by atoms with Gasteiger partial charge >= 0.3 is 0 Å². The van der Waals surface area contributed by atoms with Crippen LogP contribution >= 0.6 is 11.6 Å². The van der Waals surface area contributed by atoms with E-state index >= 15 is 0 Å². The highest BCUT2D eigenvalue weighted by molar-refractivity contribution is 6.29. The van der Waals surface area contributed by atoms with E-state index in [0.717, 1.165) is 37.1 Å². The van der Waals surface area contributed by atoms with Gasteiger partial charge in [-0.05, 0) is 70.7 Å². The molecule has 0 amide bonds. The minimum absolute atomic E-state index is 0.0821. The first kappa shape index (κ1) is 25.6. The zero-order valence-corrected chi connectivity index (χ0v) is 22.1. The summed E-state index contributed by atoms with van der Waals surface area (Å²) in [7, 11) is 3.58. The van der Waals surface area contributed by atoms with E-state index in [0.29, 0.717) is 21.9 Å². The van der Waals surface area contributed by atoms with Crippen LogP contribution < -0.4 is 10.5 Å².